The maximum Gasteiger partial charge on any atom is 0.259 e. The zero-order valence-corrected chi connectivity index (χ0v) is 16.9. The van der Waals surface area contributed by atoms with Crippen LogP contribution in [0.15, 0.2) is 60.7 Å². The van der Waals surface area contributed by atoms with E-state index < -0.39 is 5.91 Å². The van der Waals surface area contributed by atoms with Crippen molar-refractivity contribution >= 4 is 46.4 Å². The van der Waals surface area contributed by atoms with Gasteiger partial charge in [-0.1, -0.05) is 46.9 Å². The molecule has 0 aliphatic carbocycles. The van der Waals surface area contributed by atoms with E-state index in [1.807, 2.05) is 24.3 Å². The minimum absolute atomic E-state index is 0.0531. The van der Waals surface area contributed by atoms with Gasteiger partial charge in [0, 0.05) is 21.5 Å². The fraction of sp³-hybridized carbons (Fsp3) is 0.0952. The van der Waals surface area contributed by atoms with Gasteiger partial charge in [-0.05, 0) is 54.1 Å². The Morgan fingerprint density at radius 3 is 2.43 bits per heavy atom. The van der Waals surface area contributed by atoms with Gasteiger partial charge < -0.3 is 15.2 Å². The molecule has 4 nitrogen and oxygen atoms in total. The van der Waals surface area contributed by atoms with Gasteiger partial charge in [-0.25, -0.2) is 0 Å². The summed E-state index contributed by atoms with van der Waals surface area (Å²) in [5.74, 6) is -0.240. The Bertz CT molecular complexity index is 1010. The molecule has 0 radical (unpaired) electrons. The normalized spacial score (nSPS) is 10.5. The number of aromatic hydroxyl groups is 1. The molecule has 7 heteroatoms. The number of carbonyl (C=O) groups is 1. The van der Waals surface area contributed by atoms with Crippen LogP contribution in [0.25, 0.3) is 0 Å². The first-order valence-corrected chi connectivity index (χ1v) is 9.52. The first kappa shape index (κ1) is 20.3. The van der Waals surface area contributed by atoms with Crippen LogP contribution in [-0.2, 0) is 6.42 Å². The third-order valence-electron chi connectivity index (χ3n) is 3.93. The average Bonchev–Trinajstić information content (AvgIpc) is 2.65. The molecule has 0 saturated carbocycles. The monoisotopic (exact) mass is 435 g/mol. The van der Waals surface area contributed by atoms with Crippen molar-refractivity contribution in [2.45, 2.75) is 6.42 Å². The lowest BCUT2D eigenvalue weighted by atomic mass is 10.1. The number of amides is 1. The number of hydrogen-bond donors (Lipinski definition) is 2. The third kappa shape index (κ3) is 5.32. The van der Waals surface area contributed by atoms with Crippen molar-refractivity contribution in [1.82, 2.24) is 0 Å². The summed E-state index contributed by atoms with van der Waals surface area (Å²) in [6.45, 7) is 0.382. The van der Waals surface area contributed by atoms with E-state index >= 15 is 0 Å². The molecule has 0 unspecified atom stereocenters. The molecule has 3 rings (SSSR count). The molecular formula is C21H16Cl3NO3. The first-order valence-electron chi connectivity index (χ1n) is 8.39. The molecule has 3 aromatic carbocycles. The quantitative estimate of drug-likeness (QED) is 0.482. The van der Waals surface area contributed by atoms with Crippen LogP contribution in [0.3, 0.4) is 0 Å². The Kier molecular flexibility index (Phi) is 6.68. The van der Waals surface area contributed by atoms with Gasteiger partial charge in [0.2, 0.25) is 0 Å². The number of nitrogens with one attached hydrogen (secondary N) is 1. The highest BCUT2D eigenvalue weighted by molar-refractivity contribution is 6.31. The van der Waals surface area contributed by atoms with Gasteiger partial charge >= 0.3 is 0 Å². The summed E-state index contributed by atoms with van der Waals surface area (Å²) in [5, 5.41) is 14.1. The molecule has 0 aliphatic heterocycles. The Labute approximate surface area is 177 Å². The lowest BCUT2D eigenvalue weighted by Crippen LogP contribution is -2.13. The lowest BCUT2D eigenvalue weighted by molar-refractivity contribution is 0.102. The molecule has 144 valence electrons. The number of ether oxygens (including phenoxy) is 1. The van der Waals surface area contributed by atoms with E-state index in [-0.39, 0.29) is 11.3 Å². The van der Waals surface area contributed by atoms with Crippen LogP contribution in [0.2, 0.25) is 15.1 Å². The molecule has 0 saturated heterocycles. The summed E-state index contributed by atoms with van der Waals surface area (Å²) < 4.78 is 5.82. The smallest absolute Gasteiger partial charge is 0.259 e. The number of halogens is 3. The minimum Gasteiger partial charge on any atom is -0.507 e. The lowest BCUT2D eigenvalue weighted by Gasteiger charge is -2.14. The van der Waals surface area contributed by atoms with Gasteiger partial charge in [-0.3, -0.25) is 4.79 Å². The number of rotatable bonds is 6. The van der Waals surface area contributed by atoms with Crippen molar-refractivity contribution < 1.29 is 14.6 Å². The van der Waals surface area contributed by atoms with Gasteiger partial charge in [0.15, 0.2) is 0 Å². The predicted octanol–water partition coefficient (Wildman–Crippen LogP) is 6.23. The molecule has 0 fully saturated rings. The second-order valence-electron chi connectivity index (χ2n) is 5.98. The number of hydrogen-bond acceptors (Lipinski definition) is 3. The summed E-state index contributed by atoms with van der Waals surface area (Å²) in [5.41, 5.74) is 1.48. The molecule has 0 aromatic heterocycles. The van der Waals surface area contributed by atoms with Gasteiger partial charge in [-0.2, -0.15) is 0 Å². The Balaban J connectivity index is 1.73. The van der Waals surface area contributed by atoms with Crippen LogP contribution in [0.4, 0.5) is 5.69 Å². The number of phenolic OH excluding ortho intramolecular Hbond substituents is 1. The molecule has 0 aliphatic rings. The summed E-state index contributed by atoms with van der Waals surface area (Å²) in [7, 11) is 0. The second kappa shape index (κ2) is 9.20. The van der Waals surface area contributed by atoms with Crippen LogP contribution in [0.5, 0.6) is 11.5 Å². The Hall–Kier alpha value is -2.40. The van der Waals surface area contributed by atoms with Crippen LogP contribution in [-0.4, -0.2) is 17.6 Å². The van der Waals surface area contributed by atoms with Crippen molar-refractivity contribution in [3.8, 4) is 11.5 Å². The predicted molar refractivity (Wildman–Crippen MR) is 113 cm³/mol. The molecule has 0 spiro atoms. The Morgan fingerprint density at radius 1 is 0.929 bits per heavy atom. The van der Waals surface area contributed by atoms with Crippen molar-refractivity contribution in [2.75, 3.05) is 11.9 Å². The van der Waals surface area contributed by atoms with E-state index in [0.29, 0.717) is 39.5 Å². The highest BCUT2D eigenvalue weighted by Gasteiger charge is 2.15. The van der Waals surface area contributed by atoms with E-state index in [0.717, 1.165) is 5.56 Å². The third-order valence-corrected chi connectivity index (χ3v) is 4.64. The molecule has 2 N–H and O–H groups in total. The van der Waals surface area contributed by atoms with Crippen LogP contribution < -0.4 is 10.1 Å². The number of phenols is 1. The van der Waals surface area contributed by atoms with Crippen LogP contribution in [0, 0.1) is 0 Å². The highest BCUT2D eigenvalue weighted by Crippen LogP contribution is 2.30. The topological polar surface area (TPSA) is 58.6 Å². The zero-order chi connectivity index (χ0) is 20.1. The van der Waals surface area contributed by atoms with E-state index in [1.165, 1.54) is 18.2 Å². The number of anilines is 1. The van der Waals surface area contributed by atoms with Crippen molar-refractivity contribution in [2.24, 2.45) is 0 Å². The van der Waals surface area contributed by atoms with Gasteiger partial charge in [0.1, 0.15) is 11.5 Å². The fourth-order valence-electron chi connectivity index (χ4n) is 2.58. The van der Waals surface area contributed by atoms with Gasteiger partial charge in [-0.15, -0.1) is 0 Å². The van der Waals surface area contributed by atoms with E-state index in [4.69, 9.17) is 39.5 Å². The van der Waals surface area contributed by atoms with E-state index in [9.17, 15) is 9.90 Å². The van der Waals surface area contributed by atoms with Gasteiger partial charge in [0.25, 0.3) is 5.91 Å². The molecule has 3 aromatic rings. The molecule has 0 heterocycles. The fourth-order valence-corrected chi connectivity index (χ4v) is 3.13. The highest BCUT2D eigenvalue weighted by atomic mass is 35.5. The molecular weight excluding hydrogens is 421 g/mol. The van der Waals surface area contributed by atoms with E-state index in [2.05, 4.69) is 5.32 Å². The van der Waals surface area contributed by atoms with Crippen molar-refractivity contribution in [3.05, 3.63) is 86.9 Å². The Morgan fingerprint density at radius 2 is 1.64 bits per heavy atom. The van der Waals surface area contributed by atoms with Crippen molar-refractivity contribution in [3.63, 3.8) is 0 Å². The largest absolute Gasteiger partial charge is 0.507 e. The molecule has 1 amide bonds. The molecule has 0 bridgehead atoms. The first-order chi connectivity index (χ1) is 13.4. The average molecular weight is 437 g/mol. The summed E-state index contributed by atoms with van der Waals surface area (Å²) in [4.78, 5) is 12.5. The summed E-state index contributed by atoms with van der Waals surface area (Å²) >= 11 is 18.0. The van der Waals surface area contributed by atoms with E-state index in [1.54, 1.807) is 18.2 Å². The van der Waals surface area contributed by atoms with Gasteiger partial charge in [0.05, 0.1) is 17.9 Å². The minimum atomic E-state index is -0.526. The second-order valence-corrected chi connectivity index (χ2v) is 7.29. The zero-order valence-electron chi connectivity index (χ0n) is 14.6. The van der Waals surface area contributed by atoms with Crippen LogP contribution in [0.1, 0.15) is 15.9 Å². The maximum atomic E-state index is 12.5. The number of benzene rings is 3. The van der Waals surface area contributed by atoms with Crippen molar-refractivity contribution in [1.29, 1.82) is 0 Å². The van der Waals surface area contributed by atoms with Crippen LogP contribution >= 0.6 is 34.8 Å². The SMILES string of the molecule is O=C(Nc1cc(Cl)ccc1OCCc1cccc(Cl)c1)c1cc(Cl)ccc1O. The maximum absolute atomic E-state index is 12.5. The standard InChI is InChI=1S/C21H16Cl3NO3/c22-14-3-1-2-13(10-14)8-9-28-20-7-5-16(24)12-18(20)25-21(27)17-11-15(23)4-6-19(17)26/h1-7,10-12,26H,8-9H2,(H,25,27). The molecule has 0 atom stereocenters. The summed E-state index contributed by atoms with van der Waals surface area (Å²) in [6.07, 6.45) is 0.644. The summed E-state index contributed by atoms with van der Waals surface area (Å²) in [6, 6.07) is 16.7. The number of carbonyl (C=O) groups excluding carboxylic acids is 1. The molecule has 28 heavy (non-hydrogen) atoms.